The first kappa shape index (κ1) is 12.1. The molecule has 92 valence electrons. The maximum absolute atomic E-state index is 9.16. The van der Waals surface area contributed by atoms with Crippen LogP contribution >= 0.6 is 0 Å². The summed E-state index contributed by atoms with van der Waals surface area (Å²) in [4.78, 5) is 4.18. The van der Waals surface area contributed by atoms with E-state index in [1.165, 1.54) is 19.3 Å². The maximum Gasteiger partial charge on any atom is 0.164 e. The number of hydrogen-bond donors (Lipinski definition) is 1. The van der Waals surface area contributed by atoms with Gasteiger partial charge in [-0.15, -0.1) is 0 Å². The van der Waals surface area contributed by atoms with Crippen LogP contribution in [0.1, 0.15) is 37.9 Å². The van der Waals surface area contributed by atoms with Crippen molar-refractivity contribution in [3.8, 4) is 6.07 Å². The summed E-state index contributed by atoms with van der Waals surface area (Å²) in [6.07, 6.45) is 7.45. The first-order valence-corrected chi connectivity index (χ1v) is 6.27. The molecule has 2 rings (SSSR count). The van der Waals surface area contributed by atoms with Gasteiger partial charge in [-0.05, 0) is 12.8 Å². The number of nitriles is 1. The molecule has 0 amide bonds. The largest absolute Gasteiger partial charge is 0.306 e. The summed E-state index contributed by atoms with van der Waals surface area (Å²) >= 11 is 0. The molecule has 0 saturated heterocycles. The predicted octanol–water partition coefficient (Wildman–Crippen LogP) is 1.38. The third kappa shape index (κ3) is 3.27. The molecule has 1 aliphatic carbocycles. The van der Waals surface area contributed by atoms with Crippen molar-refractivity contribution >= 4 is 0 Å². The van der Waals surface area contributed by atoms with E-state index in [9.17, 15) is 0 Å². The molecule has 1 saturated carbocycles. The molecule has 17 heavy (non-hydrogen) atoms. The highest BCUT2D eigenvalue weighted by molar-refractivity contribution is 4.94. The second kappa shape index (κ2) is 5.78. The quantitative estimate of drug-likeness (QED) is 0.801. The van der Waals surface area contributed by atoms with Crippen LogP contribution in [0, 0.1) is 17.2 Å². The highest BCUT2D eigenvalue weighted by Gasteiger charge is 2.23. The van der Waals surface area contributed by atoms with E-state index in [4.69, 9.17) is 5.26 Å². The molecule has 0 radical (unpaired) electrons. The van der Waals surface area contributed by atoms with Gasteiger partial charge < -0.3 is 5.32 Å². The summed E-state index contributed by atoms with van der Waals surface area (Å²) in [6.45, 7) is 0.656. The Morgan fingerprint density at radius 3 is 3.00 bits per heavy atom. The van der Waals surface area contributed by atoms with Crippen LogP contribution in [0.15, 0.2) is 6.33 Å². The summed E-state index contributed by atoms with van der Waals surface area (Å²) in [7, 11) is 1.86. The lowest BCUT2D eigenvalue weighted by Crippen LogP contribution is -2.34. The molecule has 5 heteroatoms. The van der Waals surface area contributed by atoms with E-state index in [2.05, 4.69) is 21.5 Å². The van der Waals surface area contributed by atoms with Crippen molar-refractivity contribution in [3.05, 3.63) is 12.2 Å². The van der Waals surface area contributed by atoms with Crippen LogP contribution < -0.4 is 5.32 Å². The number of rotatable bonds is 3. The Morgan fingerprint density at radius 1 is 1.47 bits per heavy atom. The van der Waals surface area contributed by atoms with Crippen molar-refractivity contribution in [2.24, 2.45) is 13.0 Å². The molecule has 1 aliphatic rings. The highest BCUT2D eigenvalue weighted by atomic mass is 15.3. The fourth-order valence-electron chi connectivity index (χ4n) is 2.39. The predicted molar refractivity (Wildman–Crippen MR) is 63.8 cm³/mol. The zero-order chi connectivity index (χ0) is 12.1. The van der Waals surface area contributed by atoms with Crippen LogP contribution in [0.4, 0.5) is 0 Å². The molecular weight excluding hydrogens is 214 g/mol. The minimum absolute atomic E-state index is 0.140. The van der Waals surface area contributed by atoms with Crippen molar-refractivity contribution < 1.29 is 0 Å². The summed E-state index contributed by atoms with van der Waals surface area (Å²) < 4.78 is 1.70. The summed E-state index contributed by atoms with van der Waals surface area (Å²) in [5.41, 5.74) is 0. The van der Waals surface area contributed by atoms with Crippen LogP contribution in [0.3, 0.4) is 0 Å². The molecule has 2 atom stereocenters. The molecule has 1 fully saturated rings. The number of hydrogen-bond acceptors (Lipinski definition) is 4. The van der Waals surface area contributed by atoms with Crippen molar-refractivity contribution in [2.75, 3.05) is 0 Å². The Morgan fingerprint density at radius 2 is 2.29 bits per heavy atom. The van der Waals surface area contributed by atoms with Crippen molar-refractivity contribution in [1.29, 1.82) is 5.26 Å². The van der Waals surface area contributed by atoms with Crippen molar-refractivity contribution in [1.82, 2.24) is 20.1 Å². The smallest absolute Gasteiger partial charge is 0.164 e. The van der Waals surface area contributed by atoms with Crippen molar-refractivity contribution in [2.45, 2.75) is 44.7 Å². The van der Waals surface area contributed by atoms with E-state index in [1.807, 2.05) is 7.05 Å². The molecule has 1 aromatic heterocycles. The molecule has 1 N–H and O–H groups in total. The van der Waals surface area contributed by atoms with Gasteiger partial charge in [-0.2, -0.15) is 10.4 Å². The van der Waals surface area contributed by atoms with Crippen LogP contribution in [0.5, 0.6) is 0 Å². The first-order chi connectivity index (χ1) is 8.29. The second-order valence-corrected chi connectivity index (χ2v) is 4.70. The third-order valence-corrected chi connectivity index (χ3v) is 3.35. The van der Waals surface area contributed by atoms with Gasteiger partial charge in [0.25, 0.3) is 0 Å². The molecule has 0 aliphatic heterocycles. The Hall–Kier alpha value is -1.41. The zero-order valence-corrected chi connectivity index (χ0v) is 10.3. The second-order valence-electron chi connectivity index (χ2n) is 4.70. The van der Waals surface area contributed by atoms with Crippen LogP contribution in [-0.2, 0) is 13.6 Å². The van der Waals surface area contributed by atoms with Gasteiger partial charge in [0, 0.05) is 13.1 Å². The molecular formula is C12H19N5. The van der Waals surface area contributed by atoms with Gasteiger partial charge in [0.2, 0.25) is 0 Å². The van der Waals surface area contributed by atoms with Crippen LogP contribution in [0.2, 0.25) is 0 Å². The van der Waals surface area contributed by atoms with E-state index in [-0.39, 0.29) is 5.92 Å². The monoisotopic (exact) mass is 233 g/mol. The SMILES string of the molecule is Cn1cnc(CNC2CCCCCC2C#N)n1. The molecule has 5 nitrogen and oxygen atoms in total. The Kier molecular flexibility index (Phi) is 4.10. The van der Waals surface area contributed by atoms with Gasteiger partial charge in [0.15, 0.2) is 5.82 Å². The normalized spacial score (nSPS) is 25.2. The molecule has 1 aromatic rings. The Labute approximate surface area is 102 Å². The van der Waals surface area contributed by atoms with E-state index in [0.717, 1.165) is 18.7 Å². The zero-order valence-electron chi connectivity index (χ0n) is 10.3. The first-order valence-electron chi connectivity index (χ1n) is 6.27. The van der Waals surface area contributed by atoms with E-state index < -0.39 is 0 Å². The minimum atomic E-state index is 0.140. The summed E-state index contributed by atoms with van der Waals surface area (Å²) in [6, 6.07) is 2.72. The Balaban J connectivity index is 1.90. The van der Waals surface area contributed by atoms with Crippen molar-refractivity contribution in [3.63, 3.8) is 0 Å². The van der Waals surface area contributed by atoms with E-state index in [0.29, 0.717) is 12.6 Å². The lowest BCUT2D eigenvalue weighted by molar-refractivity contribution is 0.389. The third-order valence-electron chi connectivity index (χ3n) is 3.35. The average molecular weight is 233 g/mol. The fourth-order valence-corrected chi connectivity index (χ4v) is 2.39. The molecule has 0 aromatic carbocycles. The standard InChI is InChI=1S/C12H19N5/c1-17-9-15-12(16-17)8-14-11-6-4-2-3-5-10(11)7-13/h9-11,14H,2-6,8H2,1H3. The van der Waals surface area contributed by atoms with Crippen LogP contribution in [0.25, 0.3) is 0 Å². The van der Waals surface area contributed by atoms with Gasteiger partial charge in [0.05, 0.1) is 18.5 Å². The van der Waals surface area contributed by atoms with Gasteiger partial charge in [0.1, 0.15) is 6.33 Å². The van der Waals surface area contributed by atoms with Gasteiger partial charge in [-0.3, -0.25) is 4.68 Å². The molecule has 0 spiro atoms. The topological polar surface area (TPSA) is 66.5 Å². The fraction of sp³-hybridized carbons (Fsp3) is 0.750. The average Bonchev–Trinajstić information content (AvgIpc) is 2.63. The maximum atomic E-state index is 9.16. The molecule has 0 bridgehead atoms. The minimum Gasteiger partial charge on any atom is -0.306 e. The summed E-state index contributed by atoms with van der Waals surface area (Å²) in [5, 5.41) is 16.8. The van der Waals surface area contributed by atoms with Gasteiger partial charge >= 0.3 is 0 Å². The lowest BCUT2D eigenvalue weighted by atomic mass is 9.96. The highest BCUT2D eigenvalue weighted by Crippen LogP contribution is 2.23. The van der Waals surface area contributed by atoms with Crippen LogP contribution in [-0.4, -0.2) is 20.8 Å². The van der Waals surface area contributed by atoms with E-state index >= 15 is 0 Å². The lowest BCUT2D eigenvalue weighted by Gasteiger charge is -2.19. The van der Waals surface area contributed by atoms with Gasteiger partial charge in [-0.25, -0.2) is 4.98 Å². The number of aryl methyl sites for hydroxylation is 1. The number of aromatic nitrogens is 3. The van der Waals surface area contributed by atoms with Gasteiger partial charge in [-0.1, -0.05) is 19.3 Å². The molecule has 1 heterocycles. The molecule has 2 unspecified atom stereocenters. The van der Waals surface area contributed by atoms with E-state index in [1.54, 1.807) is 11.0 Å². The number of nitrogens with one attached hydrogen (secondary N) is 1. The Bertz CT molecular complexity index is 392. The number of nitrogens with zero attached hydrogens (tertiary/aromatic N) is 4. The summed E-state index contributed by atoms with van der Waals surface area (Å²) in [5.74, 6) is 0.939.